The fraction of sp³-hybridized carbons (Fsp3) is 0.364. The Labute approximate surface area is 159 Å². The Kier molecular flexibility index (Phi) is 4.60. The summed E-state index contributed by atoms with van der Waals surface area (Å²) in [7, 11) is 1.57. The highest BCUT2D eigenvalue weighted by Gasteiger charge is 2.35. The number of carbonyl (C=O) groups is 2. The minimum absolute atomic E-state index is 0.0320. The molecular formula is C22H24N2O3. The molecule has 0 aromatic heterocycles. The minimum Gasteiger partial charge on any atom is -0.497 e. The number of aryl methyl sites for hydroxylation is 2. The van der Waals surface area contributed by atoms with Gasteiger partial charge in [0.25, 0.3) is 5.91 Å². The van der Waals surface area contributed by atoms with Crippen molar-refractivity contribution in [2.45, 2.75) is 32.2 Å². The van der Waals surface area contributed by atoms with Gasteiger partial charge in [-0.05, 0) is 67.6 Å². The van der Waals surface area contributed by atoms with Gasteiger partial charge < -0.3 is 14.5 Å². The van der Waals surface area contributed by atoms with Crippen LogP contribution in [0.5, 0.6) is 5.75 Å². The zero-order valence-corrected chi connectivity index (χ0v) is 15.8. The van der Waals surface area contributed by atoms with Gasteiger partial charge in [-0.2, -0.15) is 0 Å². The first-order valence-corrected chi connectivity index (χ1v) is 9.46. The normalized spacial score (nSPS) is 19.2. The SMILES string of the molecule is COc1cccc(C(=O)N2CCN(c3ccc4c(c3)CCC4)C(=O)[C@@H]2C)c1. The van der Waals surface area contributed by atoms with Gasteiger partial charge in [-0.15, -0.1) is 0 Å². The third-order valence-corrected chi connectivity index (χ3v) is 5.63. The van der Waals surface area contributed by atoms with Crippen LogP contribution in [0, 0.1) is 0 Å². The maximum atomic E-state index is 13.0. The van der Waals surface area contributed by atoms with E-state index in [4.69, 9.17) is 4.74 Å². The topological polar surface area (TPSA) is 49.9 Å². The molecule has 0 bridgehead atoms. The number of ether oxygens (including phenoxy) is 1. The number of methoxy groups -OCH3 is 1. The van der Waals surface area contributed by atoms with E-state index in [1.54, 1.807) is 43.2 Å². The molecule has 2 amide bonds. The van der Waals surface area contributed by atoms with Crippen molar-refractivity contribution >= 4 is 17.5 Å². The molecule has 0 unspecified atom stereocenters. The van der Waals surface area contributed by atoms with Gasteiger partial charge in [0.15, 0.2) is 0 Å². The quantitative estimate of drug-likeness (QED) is 0.841. The van der Waals surface area contributed by atoms with Crippen LogP contribution in [0.3, 0.4) is 0 Å². The number of benzene rings is 2. The molecule has 0 N–H and O–H groups in total. The van der Waals surface area contributed by atoms with Gasteiger partial charge in [0.05, 0.1) is 7.11 Å². The number of amides is 2. The first-order chi connectivity index (χ1) is 13.1. The average Bonchev–Trinajstić information content (AvgIpc) is 3.17. The maximum absolute atomic E-state index is 13.0. The largest absolute Gasteiger partial charge is 0.497 e. The highest BCUT2D eigenvalue weighted by Crippen LogP contribution is 2.29. The summed E-state index contributed by atoms with van der Waals surface area (Å²) in [6.45, 7) is 2.83. The molecule has 5 heteroatoms. The molecule has 2 aromatic carbocycles. The predicted octanol–water partition coefficient (Wildman–Crippen LogP) is 3.06. The molecule has 1 atom stereocenters. The van der Waals surface area contributed by atoms with Gasteiger partial charge in [0, 0.05) is 24.3 Å². The van der Waals surface area contributed by atoms with Crippen molar-refractivity contribution in [3.8, 4) is 5.75 Å². The number of carbonyl (C=O) groups excluding carboxylic acids is 2. The highest BCUT2D eigenvalue weighted by atomic mass is 16.5. The van der Waals surface area contributed by atoms with Crippen LogP contribution in [0.1, 0.15) is 34.8 Å². The van der Waals surface area contributed by atoms with Crippen LogP contribution in [0.2, 0.25) is 0 Å². The lowest BCUT2D eigenvalue weighted by Crippen LogP contribution is -2.57. The summed E-state index contributed by atoms with van der Waals surface area (Å²) in [6, 6.07) is 12.9. The standard InChI is InChI=1S/C22H24N2O3/c1-15-21(25)24(19-10-9-16-5-3-6-17(16)13-19)12-11-23(15)22(26)18-7-4-8-20(14-18)27-2/h4,7-10,13-15H,3,5-6,11-12H2,1-2H3/t15-/m0/s1. The van der Waals surface area contributed by atoms with Crippen molar-refractivity contribution < 1.29 is 14.3 Å². The summed E-state index contributed by atoms with van der Waals surface area (Å²) in [4.78, 5) is 29.4. The third kappa shape index (κ3) is 3.18. The molecule has 0 radical (unpaired) electrons. The Hall–Kier alpha value is -2.82. The molecule has 1 aliphatic heterocycles. The van der Waals surface area contributed by atoms with E-state index in [0.717, 1.165) is 18.5 Å². The predicted molar refractivity (Wildman–Crippen MR) is 104 cm³/mol. The monoisotopic (exact) mass is 364 g/mol. The average molecular weight is 364 g/mol. The lowest BCUT2D eigenvalue weighted by molar-refractivity contribution is -0.124. The summed E-state index contributed by atoms with van der Waals surface area (Å²) >= 11 is 0. The molecule has 27 heavy (non-hydrogen) atoms. The Balaban J connectivity index is 1.53. The van der Waals surface area contributed by atoms with Gasteiger partial charge in [-0.3, -0.25) is 9.59 Å². The van der Waals surface area contributed by atoms with Crippen molar-refractivity contribution in [3.63, 3.8) is 0 Å². The van der Waals surface area contributed by atoms with Gasteiger partial charge >= 0.3 is 0 Å². The van der Waals surface area contributed by atoms with Gasteiger partial charge in [-0.1, -0.05) is 12.1 Å². The number of hydrogen-bond donors (Lipinski definition) is 0. The molecule has 4 rings (SSSR count). The van der Waals surface area contributed by atoms with E-state index in [-0.39, 0.29) is 11.8 Å². The summed E-state index contributed by atoms with van der Waals surface area (Å²) in [5, 5.41) is 0. The summed E-state index contributed by atoms with van der Waals surface area (Å²) in [6.07, 6.45) is 3.40. The van der Waals surface area contributed by atoms with Gasteiger partial charge in [-0.25, -0.2) is 0 Å². The van der Waals surface area contributed by atoms with E-state index in [2.05, 4.69) is 12.1 Å². The second-order valence-corrected chi connectivity index (χ2v) is 7.20. The van der Waals surface area contributed by atoms with E-state index in [0.29, 0.717) is 24.4 Å². The molecule has 1 aliphatic carbocycles. The Morgan fingerprint density at radius 1 is 1.07 bits per heavy atom. The number of anilines is 1. The van der Waals surface area contributed by atoms with Gasteiger partial charge in [0.2, 0.25) is 5.91 Å². The van der Waals surface area contributed by atoms with Crippen LogP contribution in [0.4, 0.5) is 5.69 Å². The number of piperazine rings is 1. The van der Waals surface area contributed by atoms with Crippen molar-refractivity contribution in [3.05, 3.63) is 59.2 Å². The lowest BCUT2D eigenvalue weighted by Gasteiger charge is -2.39. The summed E-state index contributed by atoms with van der Waals surface area (Å²) in [5.74, 6) is 0.468. The lowest BCUT2D eigenvalue weighted by atomic mass is 10.1. The molecule has 2 aliphatic rings. The molecule has 1 heterocycles. The zero-order valence-electron chi connectivity index (χ0n) is 15.8. The highest BCUT2D eigenvalue weighted by molar-refractivity contribution is 6.03. The van der Waals surface area contributed by atoms with Crippen LogP contribution in [0.25, 0.3) is 0 Å². The van der Waals surface area contributed by atoms with Crippen molar-refractivity contribution in [1.82, 2.24) is 4.90 Å². The second kappa shape index (κ2) is 7.06. The smallest absolute Gasteiger partial charge is 0.254 e. The van der Waals surface area contributed by atoms with Crippen LogP contribution >= 0.6 is 0 Å². The van der Waals surface area contributed by atoms with E-state index in [9.17, 15) is 9.59 Å². The van der Waals surface area contributed by atoms with Crippen LogP contribution in [-0.2, 0) is 17.6 Å². The van der Waals surface area contributed by atoms with Crippen LogP contribution in [-0.4, -0.2) is 43.0 Å². The van der Waals surface area contributed by atoms with E-state index >= 15 is 0 Å². The molecule has 1 saturated heterocycles. The first kappa shape index (κ1) is 17.6. The van der Waals surface area contributed by atoms with Crippen LogP contribution in [0.15, 0.2) is 42.5 Å². The van der Waals surface area contributed by atoms with E-state index < -0.39 is 6.04 Å². The Morgan fingerprint density at radius 2 is 1.89 bits per heavy atom. The third-order valence-electron chi connectivity index (χ3n) is 5.63. The molecule has 140 valence electrons. The molecule has 0 saturated carbocycles. The Bertz CT molecular complexity index is 893. The number of nitrogens with zero attached hydrogens (tertiary/aromatic N) is 2. The second-order valence-electron chi connectivity index (χ2n) is 7.20. The van der Waals surface area contributed by atoms with Gasteiger partial charge in [0.1, 0.15) is 11.8 Å². The van der Waals surface area contributed by atoms with E-state index in [1.807, 2.05) is 11.0 Å². The Morgan fingerprint density at radius 3 is 2.70 bits per heavy atom. The fourth-order valence-corrected chi connectivity index (χ4v) is 4.05. The number of fused-ring (bicyclic) bond motifs is 1. The van der Waals surface area contributed by atoms with Crippen molar-refractivity contribution in [2.24, 2.45) is 0 Å². The summed E-state index contributed by atoms with van der Waals surface area (Å²) in [5.41, 5.74) is 4.23. The molecule has 5 nitrogen and oxygen atoms in total. The number of rotatable bonds is 3. The zero-order chi connectivity index (χ0) is 19.0. The molecule has 2 aromatic rings. The fourth-order valence-electron chi connectivity index (χ4n) is 4.05. The van der Waals surface area contributed by atoms with Crippen molar-refractivity contribution in [2.75, 3.05) is 25.1 Å². The molecule has 0 spiro atoms. The van der Waals surface area contributed by atoms with E-state index in [1.165, 1.54) is 17.5 Å². The first-order valence-electron chi connectivity index (χ1n) is 9.46. The number of hydrogen-bond acceptors (Lipinski definition) is 3. The maximum Gasteiger partial charge on any atom is 0.254 e. The van der Waals surface area contributed by atoms with Crippen molar-refractivity contribution in [1.29, 1.82) is 0 Å². The van der Waals surface area contributed by atoms with Crippen LogP contribution < -0.4 is 9.64 Å². The molecular weight excluding hydrogens is 340 g/mol. The minimum atomic E-state index is -0.495. The summed E-state index contributed by atoms with van der Waals surface area (Å²) < 4.78 is 5.21. The molecule has 1 fully saturated rings.